The van der Waals surface area contributed by atoms with Crippen molar-refractivity contribution < 1.29 is 9.18 Å². The first-order valence-electron chi connectivity index (χ1n) is 7.15. The summed E-state index contributed by atoms with van der Waals surface area (Å²) in [5.74, 6) is -0.270. The predicted octanol–water partition coefficient (Wildman–Crippen LogP) is 2.96. The van der Waals surface area contributed by atoms with Gasteiger partial charge in [-0.3, -0.25) is 9.78 Å². The Hall–Kier alpha value is -2.23. The van der Waals surface area contributed by atoms with Crippen LogP contribution in [0.1, 0.15) is 30.5 Å². The van der Waals surface area contributed by atoms with Crippen LogP contribution in [0.3, 0.4) is 0 Å². The zero-order chi connectivity index (χ0) is 14.7. The van der Waals surface area contributed by atoms with Gasteiger partial charge in [0, 0.05) is 6.20 Å². The standard InChI is InChI=1S/C17H17FN2O/c18-14-7-5-13(6-8-14)17(9-3-10-17)16(21)20-12-15-4-1-2-11-19-15/h1-2,4-8,11H,3,9-10,12H2,(H,20,21). The molecule has 1 heterocycles. The Morgan fingerprint density at radius 2 is 1.95 bits per heavy atom. The van der Waals surface area contributed by atoms with Crippen molar-refractivity contribution in [2.45, 2.75) is 31.2 Å². The Bertz CT molecular complexity index is 621. The fourth-order valence-electron chi connectivity index (χ4n) is 2.79. The van der Waals surface area contributed by atoms with E-state index in [1.165, 1.54) is 12.1 Å². The maximum absolute atomic E-state index is 13.1. The number of hydrogen-bond acceptors (Lipinski definition) is 2. The molecule has 1 saturated carbocycles. The van der Waals surface area contributed by atoms with Crippen LogP contribution in [0.4, 0.5) is 4.39 Å². The normalized spacial score (nSPS) is 16.0. The Labute approximate surface area is 123 Å². The van der Waals surface area contributed by atoms with Crippen molar-refractivity contribution in [2.75, 3.05) is 0 Å². The van der Waals surface area contributed by atoms with E-state index in [0.29, 0.717) is 6.54 Å². The van der Waals surface area contributed by atoms with Crippen LogP contribution in [-0.2, 0) is 16.8 Å². The highest BCUT2D eigenvalue weighted by Gasteiger charge is 2.45. The van der Waals surface area contributed by atoms with Gasteiger partial charge in [0.1, 0.15) is 5.82 Å². The third kappa shape index (κ3) is 2.66. The van der Waals surface area contributed by atoms with E-state index in [4.69, 9.17) is 0 Å². The van der Waals surface area contributed by atoms with E-state index in [0.717, 1.165) is 30.5 Å². The first kappa shape index (κ1) is 13.7. The first-order chi connectivity index (χ1) is 10.2. The molecule has 3 rings (SSSR count). The number of rotatable bonds is 4. The van der Waals surface area contributed by atoms with Crippen molar-refractivity contribution in [3.05, 3.63) is 65.7 Å². The fourth-order valence-corrected chi connectivity index (χ4v) is 2.79. The van der Waals surface area contributed by atoms with E-state index in [2.05, 4.69) is 10.3 Å². The molecule has 0 saturated heterocycles. The van der Waals surface area contributed by atoms with Gasteiger partial charge in [-0.15, -0.1) is 0 Å². The molecule has 21 heavy (non-hydrogen) atoms. The van der Waals surface area contributed by atoms with E-state index < -0.39 is 5.41 Å². The second kappa shape index (κ2) is 5.64. The molecule has 0 bridgehead atoms. The van der Waals surface area contributed by atoms with E-state index in [1.807, 2.05) is 18.2 Å². The lowest BCUT2D eigenvalue weighted by Gasteiger charge is -2.40. The van der Waals surface area contributed by atoms with Crippen LogP contribution in [0.5, 0.6) is 0 Å². The maximum atomic E-state index is 13.1. The molecule has 1 aliphatic carbocycles. The number of hydrogen-bond donors (Lipinski definition) is 1. The number of carbonyl (C=O) groups is 1. The van der Waals surface area contributed by atoms with Crippen LogP contribution in [0.15, 0.2) is 48.7 Å². The smallest absolute Gasteiger partial charge is 0.230 e. The third-order valence-electron chi connectivity index (χ3n) is 4.19. The van der Waals surface area contributed by atoms with Crippen LogP contribution in [-0.4, -0.2) is 10.9 Å². The number of nitrogens with one attached hydrogen (secondary N) is 1. The number of halogens is 1. The molecule has 0 unspecified atom stereocenters. The molecular weight excluding hydrogens is 267 g/mol. The molecular formula is C17H17FN2O. The van der Waals surface area contributed by atoms with E-state index in [-0.39, 0.29) is 11.7 Å². The zero-order valence-corrected chi connectivity index (χ0v) is 11.7. The highest BCUT2D eigenvalue weighted by atomic mass is 19.1. The molecule has 1 fully saturated rings. The zero-order valence-electron chi connectivity index (χ0n) is 11.7. The lowest BCUT2D eigenvalue weighted by molar-refractivity contribution is -0.130. The Morgan fingerprint density at radius 3 is 2.52 bits per heavy atom. The molecule has 0 radical (unpaired) electrons. The molecule has 1 N–H and O–H groups in total. The van der Waals surface area contributed by atoms with Gasteiger partial charge in [0.05, 0.1) is 17.7 Å². The Morgan fingerprint density at radius 1 is 1.19 bits per heavy atom. The highest BCUT2D eigenvalue weighted by Crippen LogP contribution is 2.44. The summed E-state index contributed by atoms with van der Waals surface area (Å²) in [5, 5.41) is 2.96. The lowest BCUT2D eigenvalue weighted by Crippen LogP contribution is -2.49. The van der Waals surface area contributed by atoms with Gasteiger partial charge in [0.25, 0.3) is 0 Å². The number of nitrogens with zero attached hydrogens (tertiary/aromatic N) is 1. The summed E-state index contributed by atoms with van der Waals surface area (Å²) in [6.45, 7) is 0.419. The molecule has 0 atom stereocenters. The molecule has 1 aromatic heterocycles. The van der Waals surface area contributed by atoms with Gasteiger partial charge in [-0.2, -0.15) is 0 Å². The van der Waals surface area contributed by atoms with Crippen molar-refractivity contribution in [1.82, 2.24) is 10.3 Å². The van der Waals surface area contributed by atoms with Crippen molar-refractivity contribution in [3.8, 4) is 0 Å². The van der Waals surface area contributed by atoms with Crippen LogP contribution >= 0.6 is 0 Å². The summed E-state index contributed by atoms with van der Waals surface area (Å²) >= 11 is 0. The summed E-state index contributed by atoms with van der Waals surface area (Å²) < 4.78 is 13.1. The minimum atomic E-state index is -0.498. The molecule has 1 aliphatic rings. The van der Waals surface area contributed by atoms with Crippen molar-refractivity contribution in [2.24, 2.45) is 0 Å². The van der Waals surface area contributed by atoms with E-state index in [9.17, 15) is 9.18 Å². The summed E-state index contributed by atoms with van der Waals surface area (Å²) in [5.41, 5.74) is 1.23. The van der Waals surface area contributed by atoms with Gasteiger partial charge < -0.3 is 5.32 Å². The number of benzene rings is 1. The van der Waals surface area contributed by atoms with Crippen LogP contribution < -0.4 is 5.32 Å². The minimum Gasteiger partial charge on any atom is -0.350 e. The Balaban J connectivity index is 1.73. The average Bonchev–Trinajstić information content (AvgIpc) is 2.47. The maximum Gasteiger partial charge on any atom is 0.230 e. The molecule has 3 nitrogen and oxygen atoms in total. The molecule has 0 spiro atoms. The van der Waals surface area contributed by atoms with Gasteiger partial charge in [-0.1, -0.05) is 24.6 Å². The van der Waals surface area contributed by atoms with Gasteiger partial charge >= 0.3 is 0 Å². The molecule has 1 amide bonds. The van der Waals surface area contributed by atoms with Gasteiger partial charge in [0.15, 0.2) is 0 Å². The first-order valence-corrected chi connectivity index (χ1v) is 7.15. The predicted molar refractivity (Wildman–Crippen MR) is 78.0 cm³/mol. The second-order valence-corrected chi connectivity index (χ2v) is 5.45. The van der Waals surface area contributed by atoms with Gasteiger partial charge in [0.2, 0.25) is 5.91 Å². The van der Waals surface area contributed by atoms with Crippen molar-refractivity contribution in [1.29, 1.82) is 0 Å². The summed E-state index contributed by atoms with van der Waals surface area (Å²) in [4.78, 5) is 16.8. The van der Waals surface area contributed by atoms with Gasteiger partial charge in [-0.25, -0.2) is 4.39 Å². The fraction of sp³-hybridized carbons (Fsp3) is 0.294. The number of aromatic nitrogens is 1. The average molecular weight is 284 g/mol. The van der Waals surface area contributed by atoms with Crippen LogP contribution in [0, 0.1) is 5.82 Å². The topological polar surface area (TPSA) is 42.0 Å². The quantitative estimate of drug-likeness (QED) is 0.938. The highest BCUT2D eigenvalue weighted by molar-refractivity contribution is 5.89. The summed E-state index contributed by atoms with van der Waals surface area (Å²) in [6, 6.07) is 11.9. The lowest BCUT2D eigenvalue weighted by atomic mass is 9.64. The molecule has 2 aromatic rings. The van der Waals surface area contributed by atoms with Crippen LogP contribution in [0.25, 0.3) is 0 Å². The summed E-state index contributed by atoms with van der Waals surface area (Å²) in [6.07, 6.45) is 4.36. The minimum absolute atomic E-state index is 0.00557. The molecule has 108 valence electrons. The Kier molecular flexibility index (Phi) is 3.69. The van der Waals surface area contributed by atoms with E-state index >= 15 is 0 Å². The number of carbonyl (C=O) groups excluding carboxylic acids is 1. The monoisotopic (exact) mass is 284 g/mol. The SMILES string of the molecule is O=C(NCc1ccccn1)C1(c2ccc(F)cc2)CCC1. The molecule has 1 aromatic carbocycles. The summed E-state index contributed by atoms with van der Waals surface area (Å²) in [7, 11) is 0. The third-order valence-corrected chi connectivity index (χ3v) is 4.19. The van der Waals surface area contributed by atoms with Crippen molar-refractivity contribution >= 4 is 5.91 Å². The largest absolute Gasteiger partial charge is 0.350 e. The van der Waals surface area contributed by atoms with Crippen LogP contribution in [0.2, 0.25) is 0 Å². The number of amides is 1. The van der Waals surface area contributed by atoms with Crippen molar-refractivity contribution in [3.63, 3.8) is 0 Å². The molecule has 4 heteroatoms. The van der Waals surface area contributed by atoms with E-state index in [1.54, 1.807) is 18.3 Å². The number of pyridine rings is 1. The molecule has 0 aliphatic heterocycles. The second-order valence-electron chi connectivity index (χ2n) is 5.45. The van der Waals surface area contributed by atoms with Gasteiger partial charge in [-0.05, 0) is 42.7 Å².